The summed E-state index contributed by atoms with van der Waals surface area (Å²) in [6.07, 6.45) is 12.4. The first-order valence-corrected chi connectivity index (χ1v) is 11.1. The number of nitrogens with one attached hydrogen (secondary N) is 1. The summed E-state index contributed by atoms with van der Waals surface area (Å²) in [5, 5.41) is 3.23. The van der Waals surface area contributed by atoms with Gasteiger partial charge >= 0.3 is 7.82 Å². The van der Waals surface area contributed by atoms with Crippen LogP contribution in [0.5, 0.6) is 0 Å². The van der Waals surface area contributed by atoms with E-state index in [1.807, 2.05) is 0 Å². The second-order valence-corrected chi connectivity index (χ2v) is 7.77. The Balaban J connectivity index is 2.06. The van der Waals surface area contributed by atoms with Crippen molar-refractivity contribution in [3.8, 4) is 0 Å². The van der Waals surface area contributed by atoms with Gasteiger partial charge < -0.3 is 15.1 Å². The van der Waals surface area contributed by atoms with Gasteiger partial charge in [0.1, 0.15) is 0 Å². The molecule has 25 heavy (non-hydrogen) atoms. The van der Waals surface area contributed by atoms with Crippen molar-refractivity contribution >= 4 is 13.5 Å². The zero-order chi connectivity index (χ0) is 18.4. The summed E-state index contributed by atoms with van der Waals surface area (Å²) in [4.78, 5) is 17.2. The average Bonchev–Trinajstić information content (AvgIpc) is 2.57. The van der Waals surface area contributed by atoms with Crippen molar-refractivity contribution in [2.75, 3.05) is 18.5 Å². The molecule has 1 aromatic rings. The average molecular weight is 371 g/mol. The van der Waals surface area contributed by atoms with E-state index in [0.717, 1.165) is 12.1 Å². The highest BCUT2D eigenvalue weighted by Crippen LogP contribution is 2.35. The first-order chi connectivity index (χ1) is 12.0. The maximum atomic E-state index is 10.5. The van der Waals surface area contributed by atoms with Gasteiger partial charge in [0.25, 0.3) is 0 Å². The first-order valence-electron chi connectivity index (χ1n) is 9.54. The lowest BCUT2D eigenvalue weighted by Gasteiger charge is -2.08. The molecule has 0 saturated carbocycles. The van der Waals surface area contributed by atoms with Gasteiger partial charge in [0.15, 0.2) is 0 Å². The monoisotopic (exact) mass is 371 g/mol. The lowest BCUT2D eigenvalue weighted by atomic mass is 10.0. The Bertz CT molecular complexity index is 487. The van der Waals surface area contributed by atoms with E-state index in [-0.39, 0.29) is 6.61 Å². The van der Waals surface area contributed by atoms with Crippen molar-refractivity contribution in [3.63, 3.8) is 0 Å². The molecule has 0 fully saturated rings. The molecule has 0 aromatic heterocycles. The maximum Gasteiger partial charge on any atom is 0.469 e. The molecule has 3 N–H and O–H groups in total. The van der Waals surface area contributed by atoms with E-state index in [9.17, 15) is 4.57 Å². The van der Waals surface area contributed by atoms with Crippen LogP contribution in [0.3, 0.4) is 0 Å². The van der Waals surface area contributed by atoms with Crippen LogP contribution in [-0.2, 0) is 15.5 Å². The molecular formula is C19H34NO4P. The van der Waals surface area contributed by atoms with Gasteiger partial charge in [-0.25, -0.2) is 4.57 Å². The van der Waals surface area contributed by atoms with E-state index in [1.54, 1.807) is 0 Å². The maximum absolute atomic E-state index is 10.5. The van der Waals surface area contributed by atoms with E-state index in [1.165, 1.54) is 56.9 Å². The molecular weight excluding hydrogens is 337 g/mol. The topological polar surface area (TPSA) is 78.8 Å². The summed E-state index contributed by atoms with van der Waals surface area (Å²) in [6, 6.07) is 8.42. The van der Waals surface area contributed by atoms with Gasteiger partial charge in [0, 0.05) is 12.2 Å². The smallest absolute Gasteiger partial charge is 0.385 e. The first kappa shape index (κ1) is 22.2. The molecule has 0 aliphatic carbocycles. The molecule has 0 amide bonds. The highest BCUT2D eigenvalue weighted by atomic mass is 31.2. The van der Waals surface area contributed by atoms with Crippen molar-refractivity contribution < 1.29 is 18.9 Å². The molecule has 0 saturated heterocycles. The Hall–Kier alpha value is -0.870. The lowest BCUT2D eigenvalue weighted by Crippen LogP contribution is -2.05. The Morgan fingerprint density at radius 2 is 1.52 bits per heavy atom. The SMILES string of the molecule is CCCCCCCCCCc1ccc(NCCCOP(=O)(O)O)cc1. The largest absolute Gasteiger partial charge is 0.469 e. The van der Waals surface area contributed by atoms with Gasteiger partial charge in [-0.1, -0.05) is 64.0 Å². The summed E-state index contributed by atoms with van der Waals surface area (Å²) >= 11 is 0. The van der Waals surface area contributed by atoms with Gasteiger partial charge in [-0.15, -0.1) is 0 Å². The van der Waals surface area contributed by atoms with Crippen LogP contribution in [0.15, 0.2) is 24.3 Å². The highest BCUT2D eigenvalue weighted by molar-refractivity contribution is 7.46. The highest BCUT2D eigenvalue weighted by Gasteiger charge is 2.12. The van der Waals surface area contributed by atoms with Crippen LogP contribution >= 0.6 is 7.82 Å². The summed E-state index contributed by atoms with van der Waals surface area (Å²) in [7, 11) is -4.34. The number of phosphoric ester groups is 1. The molecule has 5 nitrogen and oxygen atoms in total. The van der Waals surface area contributed by atoms with Gasteiger partial charge in [0.05, 0.1) is 6.61 Å². The molecule has 1 aromatic carbocycles. The minimum atomic E-state index is -4.34. The number of unbranched alkanes of at least 4 members (excludes halogenated alkanes) is 7. The lowest BCUT2D eigenvalue weighted by molar-refractivity contribution is 0.196. The van der Waals surface area contributed by atoms with Gasteiger partial charge in [-0.3, -0.25) is 4.52 Å². The quantitative estimate of drug-likeness (QED) is 0.289. The van der Waals surface area contributed by atoms with Crippen LogP contribution in [0.4, 0.5) is 5.69 Å². The zero-order valence-electron chi connectivity index (χ0n) is 15.5. The summed E-state index contributed by atoms with van der Waals surface area (Å²) in [5.41, 5.74) is 2.39. The van der Waals surface area contributed by atoms with Crippen LogP contribution in [0.2, 0.25) is 0 Å². The molecule has 0 aliphatic rings. The fourth-order valence-electron chi connectivity index (χ4n) is 2.74. The molecule has 0 unspecified atom stereocenters. The third-order valence-electron chi connectivity index (χ3n) is 4.18. The van der Waals surface area contributed by atoms with E-state index >= 15 is 0 Å². The summed E-state index contributed by atoms with van der Waals surface area (Å²) in [6.45, 7) is 2.92. The second kappa shape index (κ2) is 13.3. The number of rotatable bonds is 15. The molecule has 0 bridgehead atoms. The molecule has 0 aliphatic heterocycles. The fraction of sp³-hybridized carbons (Fsp3) is 0.684. The number of hydrogen-bond donors (Lipinski definition) is 3. The van der Waals surface area contributed by atoms with Gasteiger partial charge in [0.2, 0.25) is 0 Å². The Morgan fingerprint density at radius 1 is 0.920 bits per heavy atom. The van der Waals surface area contributed by atoms with E-state index in [0.29, 0.717) is 13.0 Å². The predicted octanol–water partition coefficient (Wildman–Crippen LogP) is 5.28. The Kier molecular flexibility index (Phi) is 11.8. The van der Waals surface area contributed by atoms with Crippen LogP contribution in [0.1, 0.15) is 70.3 Å². The Morgan fingerprint density at radius 3 is 2.12 bits per heavy atom. The Labute approximate surface area is 152 Å². The third kappa shape index (κ3) is 13.1. The van der Waals surface area contributed by atoms with E-state index in [4.69, 9.17) is 9.79 Å². The molecule has 0 spiro atoms. The second-order valence-electron chi connectivity index (χ2n) is 6.53. The number of phosphoric acid groups is 1. The molecule has 0 radical (unpaired) electrons. The van der Waals surface area contributed by atoms with Crippen molar-refractivity contribution in [2.45, 2.75) is 71.1 Å². The van der Waals surface area contributed by atoms with Crippen LogP contribution in [-0.4, -0.2) is 22.9 Å². The fourth-order valence-corrected chi connectivity index (χ4v) is 3.11. The minimum absolute atomic E-state index is 0.0494. The summed E-state index contributed by atoms with van der Waals surface area (Å²) in [5.74, 6) is 0. The van der Waals surface area contributed by atoms with Crippen molar-refractivity contribution in [2.24, 2.45) is 0 Å². The number of anilines is 1. The van der Waals surface area contributed by atoms with Crippen molar-refractivity contribution in [1.82, 2.24) is 0 Å². The normalized spacial score (nSPS) is 11.6. The van der Waals surface area contributed by atoms with Crippen molar-refractivity contribution in [1.29, 1.82) is 0 Å². The number of hydrogen-bond acceptors (Lipinski definition) is 3. The molecule has 6 heteroatoms. The van der Waals surface area contributed by atoms with Crippen LogP contribution in [0.25, 0.3) is 0 Å². The standard InChI is InChI=1S/C19H34NO4P/c1-2-3-4-5-6-7-8-9-11-18-12-14-19(15-13-18)20-16-10-17-24-25(21,22)23/h12-15,20H,2-11,16-17H2,1H3,(H2,21,22,23). The zero-order valence-corrected chi connectivity index (χ0v) is 16.3. The van der Waals surface area contributed by atoms with Crippen molar-refractivity contribution in [3.05, 3.63) is 29.8 Å². The minimum Gasteiger partial charge on any atom is -0.385 e. The number of aryl methyl sites for hydroxylation is 1. The number of benzene rings is 1. The predicted molar refractivity (Wildman–Crippen MR) is 104 cm³/mol. The summed E-state index contributed by atoms with van der Waals surface area (Å²) < 4.78 is 14.9. The van der Waals surface area contributed by atoms with E-state index < -0.39 is 7.82 Å². The van der Waals surface area contributed by atoms with Crippen LogP contribution in [0, 0.1) is 0 Å². The van der Waals surface area contributed by atoms with Gasteiger partial charge in [-0.05, 0) is 37.0 Å². The van der Waals surface area contributed by atoms with Gasteiger partial charge in [-0.2, -0.15) is 0 Å². The molecule has 144 valence electrons. The molecule has 0 heterocycles. The molecule has 0 atom stereocenters. The van der Waals surface area contributed by atoms with Crippen LogP contribution < -0.4 is 5.32 Å². The third-order valence-corrected chi connectivity index (χ3v) is 4.70. The van der Waals surface area contributed by atoms with E-state index in [2.05, 4.69) is 41.0 Å². The molecule has 1 rings (SSSR count).